The topological polar surface area (TPSA) is 33.2 Å². The molecule has 1 saturated carbocycles. The van der Waals surface area contributed by atoms with Crippen molar-refractivity contribution in [2.45, 2.75) is 18.9 Å². The molecule has 92 valence electrons. The highest BCUT2D eigenvalue weighted by molar-refractivity contribution is 7.19. The van der Waals surface area contributed by atoms with E-state index >= 15 is 0 Å². The number of hydrogen-bond acceptors (Lipinski definition) is 3. The fraction of sp³-hybridized carbons (Fsp3) is 0.231. The maximum absolute atomic E-state index is 12.8. The highest BCUT2D eigenvalue weighted by atomic mass is 32.1. The van der Waals surface area contributed by atoms with Crippen molar-refractivity contribution in [3.63, 3.8) is 0 Å². The molecule has 0 N–H and O–H groups in total. The first kappa shape index (κ1) is 11.3. The van der Waals surface area contributed by atoms with Crippen molar-refractivity contribution in [1.29, 1.82) is 0 Å². The van der Waals surface area contributed by atoms with Crippen LogP contribution in [0.1, 0.15) is 12.8 Å². The van der Waals surface area contributed by atoms with Gasteiger partial charge in [0.05, 0.1) is 4.88 Å². The number of halogens is 1. The molecule has 1 amide bonds. The van der Waals surface area contributed by atoms with Crippen molar-refractivity contribution < 1.29 is 9.18 Å². The number of thiazole rings is 1. The second kappa shape index (κ2) is 4.49. The summed E-state index contributed by atoms with van der Waals surface area (Å²) < 4.78 is 12.8. The van der Waals surface area contributed by atoms with Crippen LogP contribution in [0.25, 0.3) is 10.4 Å². The third-order valence-electron chi connectivity index (χ3n) is 2.90. The molecule has 1 fully saturated rings. The molecule has 5 heteroatoms. The molecule has 3 nitrogen and oxygen atoms in total. The first-order chi connectivity index (χ1) is 8.78. The molecule has 0 bridgehead atoms. The van der Waals surface area contributed by atoms with Gasteiger partial charge in [0, 0.05) is 12.2 Å². The lowest BCUT2D eigenvalue weighted by Gasteiger charge is -2.11. The van der Waals surface area contributed by atoms with Gasteiger partial charge >= 0.3 is 0 Å². The second-order valence-corrected chi connectivity index (χ2v) is 5.27. The molecule has 0 unspecified atom stereocenters. The quantitative estimate of drug-likeness (QED) is 0.793. The summed E-state index contributed by atoms with van der Waals surface area (Å²) in [4.78, 5) is 17.9. The zero-order valence-electron chi connectivity index (χ0n) is 9.54. The lowest BCUT2D eigenvalue weighted by molar-refractivity contribution is -0.107. The Labute approximate surface area is 108 Å². The number of carbonyl (C=O) groups is 1. The van der Waals surface area contributed by atoms with Gasteiger partial charge in [-0.25, -0.2) is 9.37 Å². The maximum atomic E-state index is 12.8. The summed E-state index contributed by atoms with van der Waals surface area (Å²) in [5, 5.41) is 0.715. The zero-order chi connectivity index (χ0) is 12.5. The van der Waals surface area contributed by atoms with Gasteiger partial charge in [-0.15, -0.1) is 0 Å². The summed E-state index contributed by atoms with van der Waals surface area (Å²) in [6.07, 6.45) is 4.66. The van der Waals surface area contributed by atoms with Gasteiger partial charge in [-0.3, -0.25) is 9.69 Å². The van der Waals surface area contributed by atoms with E-state index in [9.17, 15) is 9.18 Å². The number of hydrogen-bond donors (Lipinski definition) is 0. The Morgan fingerprint density at radius 1 is 1.33 bits per heavy atom. The van der Waals surface area contributed by atoms with E-state index in [0.717, 1.165) is 29.7 Å². The van der Waals surface area contributed by atoms with Crippen LogP contribution in [-0.4, -0.2) is 17.4 Å². The molecular weight excluding hydrogens is 251 g/mol. The minimum Gasteiger partial charge on any atom is -0.288 e. The number of anilines is 1. The monoisotopic (exact) mass is 262 g/mol. The van der Waals surface area contributed by atoms with E-state index in [-0.39, 0.29) is 5.82 Å². The number of aromatic nitrogens is 1. The third kappa shape index (κ3) is 2.13. The highest BCUT2D eigenvalue weighted by Crippen LogP contribution is 2.36. The van der Waals surface area contributed by atoms with Crippen molar-refractivity contribution in [2.75, 3.05) is 4.90 Å². The van der Waals surface area contributed by atoms with Gasteiger partial charge < -0.3 is 0 Å². The molecule has 0 atom stereocenters. The van der Waals surface area contributed by atoms with Gasteiger partial charge in [-0.2, -0.15) is 0 Å². The molecule has 1 heterocycles. The summed E-state index contributed by atoms with van der Waals surface area (Å²) in [7, 11) is 0. The summed E-state index contributed by atoms with van der Waals surface area (Å²) in [5.41, 5.74) is 0.918. The smallest absolute Gasteiger partial charge is 0.216 e. The SMILES string of the molecule is O=CN(c1ncc(-c2ccc(F)cc2)s1)C1CC1. The number of carbonyl (C=O) groups excluding carboxylic acids is 1. The number of amides is 1. The van der Waals surface area contributed by atoms with Gasteiger partial charge in [0.25, 0.3) is 0 Å². The average Bonchev–Trinajstić information content (AvgIpc) is 3.09. The minimum atomic E-state index is -0.254. The molecule has 3 rings (SSSR count). The lowest BCUT2D eigenvalue weighted by atomic mass is 10.2. The van der Waals surface area contributed by atoms with E-state index in [4.69, 9.17) is 0 Å². The Kier molecular flexibility index (Phi) is 2.83. The van der Waals surface area contributed by atoms with Crippen LogP contribution in [0.15, 0.2) is 30.5 Å². The Morgan fingerprint density at radius 2 is 2.06 bits per heavy atom. The molecule has 1 aliphatic carbocycles. The molecule has 18 heavy (non-hydrogen) atoms. The van der Waals surface area contributed by atoms with Gasteiger partial charge in [0.15, 0.2) is 5.13 Å². The fourth-order valence-corrected chi connectivity index (χ4v) is 2.73. The largest absolute Gasteiger partial charge is 0.288 e. The number of benzene rings is 1. The molecule has 1 aromatic carbocycles. The van der Waals surface area contributed by atoms with E-state index in [2.05, 4.69) is 4.98 Å². The van der Waals surface area contributed by atoms with Gasteiger partial charge in [0.2, 0.25) is 6.41 Å². The first-order valence-corrected chi connectivity index (χ1v) is 6.55. The van der Waals surface area contributed by atoms with Crippen LogP contribution < -0.4 is 4.90 Å². The van der Waals surface area contributed by atoms with Crippen molar-refractivity contribution in [2.24, 2.45) is 0 Å². The Morgan fingerprint density at radius 3 is 2.67 bits per heavy atom. The molecule has 0 saturated heterocycles. The summed E-state index contributed by atoms with van der Waals surface area (Å²) >= 11 is 1.45. The predicted molar refractivity (Wildman–Crippen MR) is 69.1 cm³/mol. The first-order valence-electron chi connectivity index (χ1n) is 5.73. The predicted octanol–water partition coefficient (Wildman–Crippen LogP) is 3.07. The third-order valence-corrected chi connectivity index (χ3v) is 3.96. The van der Waals surface area contributed by atoms with E-state index < -0.39 is 0 Å². The Bertz CT molecular complexity index is 563. The Balaban J connectivity index is 1.88. The second-order valence-electron chi connectivity index (χ2n) is 4.26. The van der Waals surface area contributed by atoms with E-state index in [0.29, 0.717) is 11.2 Å². The summed E-state index contributed by atoms with van der Waals surface area (Å²) in [5.74, 6) is -0.254. The van der Waals surface area contributed by atoms with Crippen molar-refractivity contribution in [3.05, 3.63) is 36.3 Å². The van der Waals surface area contributed by atoms with Crippen molar-refractivity contribution >= 4 is 22.9 Å². The van der Waals surface area contributed by atoms with Gasteiger partial charge in [-0.1, -0.05) is 23.5 Å². The molecule has 0 spiro atoms. The van der Waals surface area contributed by atoms with Crippen LogP contribution in [0.3, 0.4) is 0 Å². The van der Waals surface area contributed by atoms with Crippen LogP contribution in [0, 0.1) is 5.82 Å². The molecule has 1 aliphatic rings. The van der Waals surface area contributed by atoms with Crippen LogP contribution in [0.5, 0.6) is 0 Å². The lowest BCUT2D eigenvalue weighted by Crippen LogP contribution is -2.22. The number of nitrogens with zero attached hydrogens (tertiary/aromatic N) is 2. The van der Waals surface area contributed by atoms with Crippen molar-refractivity contribution in [1.82, 2.24) is 4.98 Å². The standard InChI is InChI=1S/C13H11FN2OS/c14-10-3-1-9(2-4-10)12-7-15-13(18-12)16(8-17)11-5-6-11/h1-4,7-8,11H,5-6H2. The van der Waals surface area contributed by atoms with E-state index in [1.807, 2.05) is 0 Å². The van der Waals surface area contributed by atoms with Gasteiger partial charge in [-0.05, 0) is 30.5 Å². The minimum absolute atomic E-state index is 0.254. The fourth-order valence-electron chi connectivity index (χ4n) is 1.77. The molecule has 0 radical (unpaired) electrons. The van der Waals surface area contributed by atoms with E-state index in [1.165, 1.54) is 23.5 Å². The van der Waals surface area contributed by atoms with Crippen LogP contribution in [0.4, 0.5) is 9.52 Å². The molecule has 0 aliphatic heterocycles. The van der Waals surface area contributed by atoms with E-state index in [1.54, 1.807) is 23.2 Å². The summed E-state index contributed by atoms with van der Waals surface area (Å²) in [6, 6.07) is 6.60. The van der Waals surface area contributed by atoms with Crippen LogP contribution >= 0.6 is 11.3 Å². The zero-order valence-corrected chi connectivity index (χ0v) is 10.4. The van der Waals surface area contributed by atoms with Crippen LogP contribution in [0.2, 0.25) is 0 Å². The van der Waals surface area contributed by atoms with Crippen molar-refractivity contribution in [3.8, 4) is 10.4 Å². The molecule has 1 aromatic heterocycles. The molecular formula is C13H11FN2OS. The highest BCUT2D eigenvalue weighted by Gasteiger charge is 2.30. The molecule has 2 aromatic rings. The normalized spacial score (nSPS) is 14.5. The van der Waals surface area contributed by atoms with Crippen LogP contribution in [-0.2, 0) is 4.79 Å². The number of rotatable bonds is 4. The summed E-state index contributed by atoms with van der Waals surface area (Å²) in [6.45, 7) is 0. The van der Waals surface area contributed by atoms with Gasteiger partial charge in [0.1, 0.15) is 5.82 Å². The Hall–Kier alpha value is -1.75. The average molecular weight is 262 g/mol. The maximum Gasteiger partial charge on any atom is 0.216 e.